The van der Waals surface area contributed by atoms with E-state index >= 15 is 0 Å². The Morgan fingerprint density at radius 1 is 1.45 bits per heavy atom. The normalized spacial score (nSPS) is 10.8. The molecule has 22 heavy (non-hydrogen) atoms. The number of anilines is 1. The summed E-state index contributed by atoms with van der Waals surface area (Å²) in [5.41, 5.74) is 0.446. The molecule has 2 aromatic rings. The van der Waals surface area contributed by atoms with Crippen LogP contribution in [0.2, 0.25) is 5.02 Å². The van der Waals surface area contributed by atoms with Crippen molar-refractivity contribution < 1.29 is 9.53 Å². The predicted molar refractivity (Wildman–Crippen MR) is 91.5 cm³/mol. The molecular weight excluding hydrogens is 342 g/mol. The lowest BCUT2D eigenvalue weighted by Crippen LogP contribution is -2.11. The number of thioether (sulfide) groups is 1. The molecule has 0 bridgehead atoms. The summed E-state index contributed by atoms with van der Waals surface area (Å²) in [6.45, 7) is 6.55. The van der Waals surface area contributed by atoms with Crippen molar-refractivity contribution in [2.45, 2.75) is 30.4 Å². The van der Waals surface area contributed by atoms with Gasteiger partial charge in [0.25, 0.3) is 5.91 Å². The van der Waals surface area contributed by atoms with Crippen LogP contribution in [0.25, 0.3) is 0 Å². The monoisotopic (exact) mass is 357 g/mol. The third-order valence-corrected chi connectivity index (χ3v) is 4.68. The second-order valence-corrected chi connectivity index (χ2v) is 7.78. The van der Waals surface area contributed by atoms with Crippen LogP contribution in [-0.4, -0.2) is 28.0 Å². The molecule has 0 aliphatic rings. The summed E-state index contributed by atoms with van der Waals surface area (Å²) in [7, 11) is 0. The number of aromatic nitrogens is 2. The molecule has 0 saturated heterocycles. The van der Waals surface area contributed by atoms with Crippen molar-refractivity contribution >= 4 is 45.7 Å². The van der Waals surface area contributed by atoms with E-state index in [1.54, 1.807) is 30.0 Å². The van der Waals surface area contributed by atoms with Crippen molar-refractivity contribution in [2.24, 2.45) is 0 Å². The first kappa shape index (κ1) is 17.1. The van der Waals surface area contributed by atoms with Crippen LogP contribution >= 0.6 is 34.7 Å². The first-order valence-electron chi connectivity index (χ1n) is 6.73. The van der Waals surface area contributed by atoms with Gasteiger partial charge in [-0.1, -0.05) is 48.5 Å². The number of carbonyl (C=O) groups excluding carboxylic acids is 1. The topological polar surface area (TPSA) is 64.1 Å². The molecule has 1 aromatic carbocycles. The van der Waals surface area contributed by atoms with Crippen LogP contribution in [0, 0.1) is 0 Å². The zero-order valence-corrected chi connectivity index (χ0v) is 14.8. The second kappa shape index (κ2) is 7.80. The number of amides is 1. The fourth-order valence-electron chi connectivity index (χ4n) is 1.59. The number of nitrogens with zero attached hydrogens (tertiary/aromatic N) is 2. The average molecular weight is 358 g/mol. The van der Waals surface area contributed by atoms with E-state index in [-0.39, 0.29) is 5.91 Å². The SMILES string of the molecule is CCOc1ccc(C(=O)Nc2nnc(SC(C)C)s2)cc1Cl. The van der Waals surface area contributed by atoms with Gasteiger partial charge in [0.05, 0.1) is 11.6 Å². The molecule has 0 saturated carbocycles. The summed E-state index contributed by atoms with van der Waals surface area (Å²) in [4.78, 5) is 12.2. The van der Waals surface area contributed by atoms with Gasteiger partial charge in [0.1, 0.15) is 5.75 Å². The number of carbonyl (C=O) groups is 1. The molecule has 0 unspecified atom stereocenters. The third-order valence-electron chi connectivity index (χ3n) is 2.46. The predicted octanol–water partition coefficient (Wildman–Crippen LogP) is 4.34. The zero-order valence-electron chi connectivity index (χ0n) is 12.4. The molecule has 0 aliphatic heterocycles. The van der Waals surface area contributed by atoms with Gasteiger partial charge in [-0.05, 0) is 25.1 Å². The number of hydrogen-bond acceptors (Lipinski definition) is 6. The minimum Gasteiger partial charge on any atom is -0.492 e. The molecule has 0 radical (unpaired) electrons. The number of benzene rings is 1. The first-order chi connectivity index (χ1) is 10.5. The number of ether oxygens (including phenoxy) is 1. The van der Waals surface area contributed by atoms with Crippen molar-refractivity contribution in [1.29, 1.82) is 0 Å². The Balaban J connectivity index is 2.05. The molecular formula is C14H16ClN3O2S2. The highest BCUT2D eigenvalue weighted by molar-refractivity contribution is 8.01. The first-order valence-corrected chi connectivity index (χ1v) is 8.81. The van der Waals surface area contributed by atoms with E-state index in [1.807, 2.05) is 6.92 Å². The van der Waals surface area contributed by atoms with Gasteiger partial charge in [-0.15, -0.1) is 10.2 Å². The summed E-state index contributed by atoms with van der Waals surface area (Å²) in [5.74, 6) is 0.287. The van der Waals surface area contributed by atoms with Gasteiger partial charge in [-0.25, -0.2) is 0 Å². The van der Waals surface area contributed by atoms with Crippen LogP contribution in [0.4, 0.5) is 5.13 Å². The Bertz CT molecular complexity index is 661. The molecule has 1 heterocycles. The van der Waals surface area contributed by atoms with Crippen LogP contribution in [0.1, 0.15) is 31.1 Å². The summed E-state index contributed by atoms with van der Waals surface area (Å²) < 4.78 is 6.17. The lowest BCUT2D eigenvalue weighted by atomic mass is 10.2. The Hall–Kier alpha value is -1.31. The maximum Gasteiger partial charge on any atom is 0.257 e. The number of halogens is 1. The van der Waals surface area contributed by atoms with Crippen molar-refractivity contribution in [1.82, 2.24) is 10.2 Å². The molecule has 1 aromatic heterocycles. The van der Waals surface area contributed by atoms with E-state index in [1.165, 1.54) is 11.3 Å². The van der Waals surface area contributed by atoms with Gasteiger partial charge in [0, 0.05) is 10.8 Å². The quantitative estimate of drug-likeness (QED) is 0.615. The molecule has 8 heteroatoms. The van der Waals surface area contributed by atoms with E-state index in [0.717, 1.165) is 4.34 Å². The molecule has 0 atom stereocenters. The van der Waals surface area contributed by atoms with E-state index in [2.05, 4.69) is 29.4 Å². The molecule has 1 N–H and O–H groups in total. The van der Waals surface area contributed by atoms with E-state index in [4.69, 9.17) is 16.3 Å². The van der Waals surface area contributed by atoms with E-state index in [0.29, 0.717) is 33.3 Å². The molecule has 0 fully saturated rings. The second-order valence-electron chi connectivity index (χ2n) is 4.57. The fourth-order valence-corrected chi connectivity index (χ4v) is 3.80. The van der Waals surface area contributed by atoms with Crippen LogP contribution in [-0.2, 0) is 0 Å². The maximum absolute atomic E-state index is 12.2. The van der Waals surface area contributed by atoms with Crippen LogP contribution in [0.3, 0.4) is 0 Å². The zero-order chi connectivity index (χ0) is 16.1. The standard InChI is InChI=1S/C14H16ClN3O2S2/c1-4-20-11-6-5-9(7-10(11)15)12(19)16-13-17-18-14(22-13)21-8(2)3/h5-8H,4H2,1-3H3,(H,16,17,19). The summed E-state index contributed by atoms with van der Waals surface area (Å²) in [6.07, 6.45) is 0. The van der Waals surface area contributed by atoms with E-state index in [9.17, 15) is 4.79 Å². The Labute approximate surface area is 142 Å². The lowest BCUT2D eigenvalue weighted by Gasteiger charge is -2.07. The highest BCUT2D eigenvalue weighted by Crippen LogP contribution is 2.29. The lowest BCUT2D eigenvalue weighted by molar-refractivity contribution is 0.102. The smallest absolute Gasteiger partial charge is 0.257 e. The minimum absolute atomic E-state index is 0.276. The number of nitrogens with one attached hydrogen (secondary N) is 1. The Morgan fingerprint density at radius 2 is 2.23 bits per heavy atom. The van der Waals surface area contributed by atoms with Crippen molar-refractivity contribution in [2.75, 3.05) is 11.9 Å². The van der Waals surface area contributed by atoms with Crippen molar-refractivity contribution in [3.05, 3.63) is 28.8 Å². The van der Waals surface area contributed by atoms with Gasteiger partial charge in [-0.3, -0.25) is 10.1 Å². The van der Waals surface area contributed by atoms with Gasteiger partial charge >= 0.3 is 0 Å². The Kier molecular flexibility index (Phi) is 6.05. The van der Waals surface area contributed by atoms with Crippen molar-refractivity contribution in [3.8, 4) is 5.75 Å². The van der Waals surface area contributed by atoms with Gasteiger partial charge in [0.15, 0.2) is 4.34 Å². The summed E-state index contributed by atoms with van der Waals surface area (Å²) >= 11 is 9.04. The Morgan fingerprint density at radius 3 is 2.86 bits per heavy atom. The molecule has 0 spiro atoms. The fraction of sp³-hybridized carbons (Fsp3) is 0.357. The van der Waals surface area contributed by atoms with Crippen LogP contribution in [0.5, 0.6) is 5.75 Å². The molecule has 2 rings (SSSR count). The maximum atomic E-state index is 12.2. The largest absolute Gasteiger partial charge is 0.492 e. The third kappa shape index (κ3) is 4.59. The number of hydrogen-bond donors (Lipinski definition) is 1. The van der Waals surface area contributed by atoms with Crippen LogP contribution < -0.4 is 10.1 Å². The van der Waals surface area contributed by atoms with Gasteiger partial charge in [-0.2, -0.15) is 0 Å². The molecule has 0 aliphatic carbocycles. The van der Waals surface area contributed by atoms with Gasteiger partial charge < -0.3 is 4.74 Å². The molecule has 118 valence electrons. The van der Waals surface area contributed by atoms with Gasteiger partial charge in [0.2, 0.25) is 5.13 Å². The highest BCUT2D eigenvalue weighted by atomic mass is 35.5. The molecule has 1 amide bonds. The van der Waals surface area contributed by atoms with Crippen LogP contribution in [0.15, 0.2) is 22.5 Å². The highest BCUT2D eigenvalue weighted by Gasteiger charge is 2.13. The molecule has 5 nitrogen and oxygen atoms in total. The number of rotatable bonds is 6. The minimum atomic E-state index is -0.276. The summed E-state index contributed by atoms with van der Waals surface area (Å²) in [5, 5.41) is 12.0. The van der Waals surface area contributed by atoms with E-state index < -0.39 is 0 Å². The summed E-state index contributed by atoms with van der Waals surface area (Å²) in [6, 6.07) is 4.92. The average Bonchev–Trinajstić information content (AvgIpc) is 2.87. The van der Waals surface area contributed by atoms with Crippen molar-refractivity contribution in [3.63, 3.8) is 0 Å².